The SMILES string of the molecule is CCCCCCCCCCCCCC(=O)ON=C(N(C)C)N(C)C. The lowest BCUT2D eigenvalue weighted by Crippen LogP contribution is -2.35. The normalized spacial score (nSPS) is 10.4. The number of unbranched alkanes of at least 4 members (excludes halogenated alkanes) is 10. The third kappa shape index (κ3) is 13.2. The summed E-state index contributed by atoms with van der Waals surface area (Å²) in [6, 6.07) is 0. The zero-order valence-electron chi connectivity index (χ0n) is 16.6. The number of hydrogen-bond acceptors (Lipinski definition) is 3. The van der Waals surface area contributed by atoms with Gasteiger partial charge in [0, 0.05) is 34.6 Å². The minimum Gasteiger partial charge on any atom is -0.346 e. The number of carbonyl (C=O) groups excluding carboxylic acids is 1. The summed E-state index contributed by atoms with van der Waals surface area (Å²) in [4.78, 5) is 20.3. The van der Waals surface area contributed by atoms with Gasteiger partial charge in [0.25, 0.3) is 0 Å². The van der Waals surface area contributed by atoms with Crippen LogP contribution >= 0.6 is 0 Å². The van der Waals surface area contributed by atoms with Crippen LogP contribution in [0.1, 0.15) is 84.0 Å². The van der Waals surface area contributed by atoms with Gasteiger partial charge in [0.1, 0.15) is 0 Å². The van der Waals surface area contributed by atoms with E-state index < -0.39 is 0 Å². The minimum absolute atomic E-state index is 0.243. The van der Waals surface area contributed by atoms with Gasteiger partial charge in [-0.1, -0.05) is 71.1 Å². The van der Waals surface area contributed by atoms with Crippen molar-refractivity contribution < 1.29 is 9.63 Å². The second-order valence-corrected chi connectivity index (χ2v) is 6.93. The van der Waals surface area contributed by atoms with Gasteiger partial charge in [-0.2, -0.15) is 0 Å². The van der Waals surface area contributed by atoms with Crippen LogP contribution in [0.3, 0.4) is 0 Å². The standard InChI is InChI=1S/C19H39N3O2/c1-6-7-8-9-10-11-12-13-14-15-16-17-18(23)24-20-19(21(2)3)22(4)5/h6-17H2,1-5H3. The molecule has 0 rings (SSSR count). The number of oxime groups is 1. The van der Waals surface area contributed by atoms with Crippen molar-refractivity contribution in [2.24, 2.45) is 5.16 Å². The first kappa shape index (κ1) is 22.7. The van der Waals surface area contributed by atoms with Crippen molar-refractivity contribution in [1.82, 2.24) is 9.80 Å². The number of guanidine groups is 1. The Morgan fingerprint density at radius 2 is 1.17 bits per heavy atom. The Bertz CT molecular complexity index is 332. The molecule has 0 amide bonds. The van der Waals surface area contributed by atoms with Gasteiger partial charge >= 0.3 is 5.97 Å². The molecule has 0 N–H and O–H groups in total. The molecular weight excluding hydrogens is 302 g/mol. The van der Waals surface area contributed by atoms with Crippen LogP contribution in [0, 0.1) is 0 Å². The molecule has 0 aliphatic heterocycles. The van der Waals surface area contributed by atoms with Gasteiger partial charge in [-0.25, -0.2) is 4.79 Å². The van der Waals surface area contributed by atoms with E-state index in [1.54, 1.807) is 0 Å². The Balaban J connectivity index is 3.54. The molecule has 0 radical (unpaired) electrons. The van der Waals surface area contributed by atoms with E-state index in [2.05, 4.69) is 12.1 Å². The Morgan fingerprint density at radius 1 is 0.750 bits per heavy atom. The van der Waals surface area contributed by atoms with Crippen LogP contribution in [0.5, 0.6) is 0 Å². The maximum atomic E-state index is 11.7. The quantitative estimate of drug-likeness (QED) is 0.161. The fourth-order valence-electron chi connectivity index (χ4n) is 2.63. The van der Waals surface area contributed by atoms with Crippen molar-refractivity contribution in [2.75, 3.05) is 28.2 Å². The van der Waals surface area contributed by atoms with Gasteiger partial charge in [-0.3, -0.25) is 0 Å². The summed E-state index contributed by atoms with van der Waals surface area (Å²) in [5.41, 5.74) is 0. The van der Waals surface area contributed by atoms with E-state index in [0.29, 0.717) is 12.4 Å². The van der Waals surface area contributed by atoms with Gasteiger partial charge < -0.3 is 14.6 Å². The van der Waals surface area contributed by atoms with Crippen LogP contribution in [-0.4, -0.2) is 49.9 Å². The molecular formula is C19H39N3O2. The van der Waals surface area contributed by atoms with Gasteiger partial charge in [0.05, 0.1) is 0 Å². The molecule has 0 saturated heterocycles. The number of hydrogen-bond donors (Lipinski definition) is 0. The Morgan fingerprint density at radius 3 is 1.58 bits per heavy atom. The molecule has 0 saturated carbocycles. The molecule has 0 bridgehead atoms. The minimum atomic E-state index is -0.243. The zero-order valence-corrected chi connectivity index (χ0v) is 16.6. The smallest absolute Gasteiger partial charge is 0.335 e. The van der Waals surface area contributed by atoms with Gasteiger partial charge in [0.15, 0.2) is 0 Å². The van der Waals surface area contributed by atoms with Gasteiger partial charge in [0.2, 0.25) is 5.96 Å². The maximum absolute atomic E-state index is 11.7. The van der Waals surface area contributed by atoms with Crippen molar-refractivity contribution in [3.05, 3.63) is 0 Å². The molecule has 0 aromatic rings. The summed E-state index contributed by atoms with van der Waals surface area (Å²) in [5, 5.41) is 3.91. The predicted molar refractivity (Wildman–Crippen MR) is 102 cm³/mol. The highest BCUT2D eigenvalue weighted by Crippen LogP contribution is 2.12. The molecule has 0 heterocycles. The molecule has 24 heavy (non-hydrogen) atoms. The summed E-state index contributed by atoms with van der Waals surface area (Å²) >= 11 is 0. The highest BCUT2D eigenvalue weighted by atomic mass is 16.7. The fraction of sp³-hybridized carbons (Fsp3) is 0.895. The number of carbonyl (C=O) groups is 1. The first-order valence-electron chi connectivity index (χ1n) is 9.61. The topological polar surface area (TPSA) is 45.1 Å². The third-order valence-electron chi connectivity index (χ3n) is 4.01. The van der Waals surface area contributed by atoms with Crippen molar-refractivity contribution in [3.63, 3.8) is 0 Å². The molecule has 142 valence electrons. The van der Waals surface area contributed by atoms with Crippen molar-refractivity contribution >= 4 is 11.9 Å². The Kier molecular flexibility index (Phi) is 14.5. The largest absolute Gasteiger partial charge is 0.346 e. The van der Waals surface area contributed by atoms with E-state index in [0.717, 1.165) is 12.8 Å². The van der Waals surface area contributed by atoms with Crippen LogP contribution < -0.4 is 0 Å². The summed E-state index contributed by atoms with van der Waals surface area (Å²) in [7, 11) is 7.49. The molecule has 5 heteroatoms. The van der Waals surface area contributed by atoms with Gasteiger partial charge in [-0.05, 0) is 11.6 Å². The second kappa shape index (κ2) is 15.3. The predicted octanol–water partition coefficient (Wildman–Crippen LogP) is 4.62. The fourth-order valence-corrected chi connectivity index (χ4v) is 2.63. The number of rotatable bonds is 13. The Hall–Kier alpha value is -1.26. The lowest BCUT2D eigenvalue weighted by Gasteiger charge is -2.21. The van der Waals surface area contributed by atoms with E-state index in [1.807, 2.05) is 38.0 Å². The van der Waals surface area contributed by atoms with E-state index in [1.165, 1.54) is 57.8 Å². The molecule has 0 aliphatic carbocycles. The van der Waals surface area contributed by atoms with E-state index in [-0.39, 0.29) is 5.97 Å². The molecule has 0 aromatic heterocycles. The summed E-state index contributed by atoms with van der Waals surface area (Å²) < 4.78 is 0. The van der Waals surface area contributed by atoms with Crippen LogP contribution in [0.15, 0.2) is 5.16 Å². The van der Waals surface area contributed by atoms with Crippen molar-refractivity contribution in [3.8, 4) is 0 Å². The summed E-state index contributed by atoms with van der Waals surface area (Å²) in [6.45, 7) is 2.26. The maximum Gasteiger partial charge on any atom is 0.335 e. The zero-order chi connectivity index (χ0) is 18.2. The molecule has 5 nitrogen and oxygen atoms in total. The van der Waals surface area contributed by atoms with Crippen LogP contribution in [0.2, 0.25) is 0 Å². The molecule has 0 spiro atoms. The van der Waals surface area contributed by atoms with E-state index in [4.69, 9.17) is 4.84 Å². The second-order valence-electron chi connectivity index (χ2n) is 6.93. The molecule has 0 unspecified atom stereocenters. The van der Waals surface area contributed by atoms with Gasteiger partial charge in [-0.15, -0.1) is 0 Å². The van der Waals surface area contributed by atoms with Crippen LogP contribution in [0.4, 0.5) is 0 Å². The lowest BCUT2D eigenvalue weighted by atomic mass is 10.1. The van der Waals surface area contributed by atoms with E-state index in [9.17, 15) is 4.79 Å². The van der Waals surface area contributed by atoms with Crippen molar-refractivity contribution in [1.29, 1.82) is 0 Å². The third-order valence-corrected chi connectivity index (χ3v) is 4.01. The van der Waals surface area contributed by atoms with Crippen LogP contribution in [-0.2, 0) is 9.63 Å². The highest BCUT2D eigenvalue weighted by Gasteiger charge is 2.08. The lowest BCUT2D eigenvalue weighted by molar-refractivity contribution is -0.144. The highest BCUT2D eigenvalue weighted by molar-refractivity contribution is 5.79. The van der Waals surface area contributed by atoms with Crippen molar-refractivity contribution in [2.45, 2.75) is 84.0 Å². The summed E-state index contributed by atoms with van der Waals surface area (Å²) in [5.74, 6) is 0.384. The number of nitrogens with zero attached hydrogens (tertiary/aromatic N) is 3. The molecule has 0 atom stereocenters. The average Bonchev–Trinajstić information content (AvgIpc) is 2.52. The van der Waals surface area contributed by atoms with Crippen LogP contribution in [0.25, 0.3) is 0 Å². The first-order valence-corrected chi connectivity index (χ1v) is 9.61. The molecule has 0 aliphatic rings. The molecule has 0 aromatic carbocycles. The Labute approximate surface area is 149 Å². The average molecular weight is 342 g/mol. The van der Waals surface area contributed by atoms with E-state index >= 15 is 0 Å². The first-order chi connectivity index (χ1) is 11.5. The summed E-state index contributed by atoms with van der Waals surface area (Å²) in [6.07, 6.45) is 14.5. The molecule has 0 fully saturated rings. The monoisotopic (exact) mass is 341 g/mol.